The van der Waals surface area contributed by atoms with E-state index in [1.54, 1.807) is 42.6 Å². The molecule has 1 N–H and O–H groups in total. The molecule has 1 fully saturated rings. The number of hydrogen-bond acceptors (Lipinski definition) is 5. The number of ether oxygens (including phenoxy) is 2. The van der Waals surface area contributed by atoms with Gasteiger partial charge in [-0.3, -0.25) is 4.79 Å². The van der Waals surface area contributed by atoms with E-state index in [9.17, 15) is 31.5 Å². The second-order valence-electron chi connectivity index (χ2n) is 8.48. The second-order valence-corrected chi connectivity index (χ2v) is 8.48. The fourth-order valence-corrected chi connectivity index (χ4v) is 4.15. The van der Waals surface area contributed by atoms with Gasteiger partial charge in [0.1, 0.15) is 0 Å². The summed E-state index contributed by atoms with van der Waals surface area (Å²) in [4.78, 5) is 32.9. The smallest absolute Gasteiger partial charge is 0.463 e. The Morgan fingerprint density at radius 2 is 1.86 bits per heavy atom. The topological polar surface area (TPSA) is 84.5 Å². The van der Waals surface area contributed by atoms with E-state index in [0.717, 1.165) is 6.07 Å². The maximum Gasteiger partial charge on any atom is 0.491 e. The third-order valence-electron chi connectivity index (χ3n) is 6.03. The summed E-state index contributed by atoms with van der Waals surface area (Å²) in [6, 6.07) is 13.9. The van der Waals surface area contributed by atoms with Crippen LogP contribution in [0.4, 0.5) is 22.0 Å². The fourth-order valence-electron chi connectivity index (χ4n) is 4.15. The number of nitrogens with zero attached hydrogens (tertiary/aromatic N) is 2. The number of carbonyl (C=O) groups excluding carboxylic acids is 2. The van der Waals surface area contributed by atoms with Gasteiger partial charge >= 0.3 is 12.1 Å². The van der Waals surface area contributed by atoms with Crippen LogP contribution >= 0.6 is 0 Å². The average Bonchev–Trinajstić information content (AvgIpc) is 3.33. The Labute approximate surface area is 205 Å². The molecule has 1 atom stereocenters. The Morgan fingerprint density at radius 1 is 1.08 bits per heavy atom. The van der Waals surface area contributed by atoms with Crippen LogP contribution in [0, 0.1) is 0 Å². The fraction of sp³-hybridized carbons (Fsp3) is 0.240. The first kappa shape index (κ1) is 24.5. The van der Waals surface area contributed by atoms with E-state index in [0.29, 0.717) is 21.9 Å². The minimum Gasteiger partial charge on any atom is -0.463 e. The Kier molecular flexibility index (Phi) is 5.97. The minimum absolute atomic E-state index is 0.218. The SMILES string of the molecule is O=C(c1cccc2[nH]ccc12)N1CCC(F)(F)[C@@H](Oc2nc3ccccc3cc2OC(=O)C(F)(F)F)C1. The number of H-pyrrole nitrogens is 1. The van der Waals surface area contributed by atoms with Crippen molar-refractivity contribution in [1.82, 2.24) is 14.9 Å². The Hall–Kier alpha value is -4.22. The first-order chi connectivity index (χ1) is 17.5. The number of fused-ring (bicyclic) bond motifs is 2. The molecule has 7 nitrogen and oxygen atoms in total. The van der Waals surface area contributed by atoms with E-state index in [-0.39, 0.29) is 12.1 Å². The van der Waals surface area contributed by atoms with E-state index in [1.807, 2.05) is 0 Å². The van der Waals surface area contributed by atoms with Crippen molar-refractivity contribution in [3.8, 4) is 11.6 Å². The highest BCUT2D eigenvalue weighted by Crippen LogP contribution is 2.37. The minimum atomic E-state index is -5.33. The molecule has 37 heavy (non-hydrogen) atoms. The molecule has 0 unspecified atom stereocenters. The van der Waals surface area contributed by atoms with Crippen LogP contribution in [0.3, 0.4) is 0 Å². The van der Waals surface area contributed by atoms with Gasteiger partial charge in [0.2, 0.25) is 0 Å². The van der Waals surface area contributed by atoms with Gasteiger partial charge in [0.05, 0.1) is 12.1 Å². The van der Waals surface area contributed by atoms with Crippen molar-refractivity contribution in [2.75, 3.05) is 13.1 Å². The second kappa shape index (κ2) is 9.02. The van der Waals surface area contributed by atoms with Crippen molar-refractivity contribution in [2.45, 2.75) is 24.6 Å². The zero-order valence-electron chi connectivity index (χ0n) is 18.9. The van der Waals surface area contributed by atoms with Gasteiger partial charge in [-0.05, 0) is 30.3 Å². The number of aromatic amines is 1. The number of nitrogens with one attached hydrogen (secondary N) is 1. The standard InChI is InChI=1S/C25H18F5N3O4/c26-24(27)9-11-33(22(34)16-5-3-7-18-15(16)8-10-31-18)13-20(24)37-21-19(36-23(35)25(28,29)30)12-14-4-1-2-6-17(14)32-21/h1-8,10,12,20,31H,9,11,13H2/t20-/m0/s1. The Morgan fingerprint density at radius 3 is 2.65 bits per heavy atom. The number of aromatic nitrogens is 2. The summed E-state index contributed by atoms with van der Waals surface area (Å²) in [5.41, 5.74) is 1.21. The first-order valence-corrected chi connectivity index (χ1v) is 11.1. The highest BCUT2D eigenvalue weighted by molar-refractivity contribution is 6.06. The average molecular weight is 519 g/mol. The molecule has 2 aromatic carbocycles. The van der Waals surface area contributed by atoms with Crippen LogP contribution in [0.5, 0.6) is 11.6 Å². The number of hydrogen-bond donors (Lipinski definition) is 1. The van der Waals surface area contributed by atoms with Crippen molar-refractivity contribution >= 4 is 33.7 Å². The van der Waals surface area contributed by atoms with E-state index in [1.165, 1.54) is 17.0 Å². The van der Waals surface area contributed by atoms with Crippen LogP contribution in [-0.2, 0) is 4.79 Å². The van der Waals surface area contributed by atoms with Crippen LogP contribution in [0.15, 0.2) is 60.8 Å². The molecule has 12 heteroatoms. The number of para-hydroxylation sites is 1. The number of likely N-dealkylation sites (tertiary alicyclic amines) is 1. The number of carbonyl (C=O) groups is 2. The highest BCUT2D eigenvalue weighted by Gasteiger charge is 2.48. The van der Waals surface area contributed by atoms with Crippen LogP contribution < -0.4 is 9.47 Å². The van der Waals surface area contributed by atoms with Crippen LogP contribution in [0.25, 0.3) is 21.8 Å². The zero-order valence-corrected chi connectivity index (χ0v) is 18.9. The first-order valence-electron chi connectivity index (χ1n) is 11.1. The lowest BCUT2D eigenvalue weighted by Gasteiger charge is -2.38. The number of piperidine rings is 1. The van der Waals surface area contributed by atoms with E-state index < -0.39 is 54.7 Å². The maximum absolute atomic E-state index is 14.9. The molecule has 1 aliphatic heterocycles. The molecule has 5 rings (SSSR count). The molecular weight excluding hydrogens is 501 g/mol. The third kappa shape index (κ3) is 4.78. The molecule has 1 saturated heterocycles. The number of pyridine rings is 1. The predicted octanol–water partition coefficient (Wildman–Crippen LogP) is 5.11. The number of halogens is 5. The van der Waals surface area contributed by atoms with Crippen molar-refractivity contribution < 1.29 is 41.0 Å². The van der Waals surface area contributed by atoms with E-state index in [2.05, 4.69) is 14.7 Å². The lowest BCUT2D eigenvalue weighted by molar-refractivity contribution is -0.190. The number of alkyl halides is 5. The van der Waals surface area contributed by atoms with Gasteiger partial charge in [0, 0.05) is 41.0 Å². The molecule has 0 spiro atoms. The third-order valence-corrected chi connectivity index (χ3v) is 6.03. The summed E-state index contributed by atoms with van der Waals surface area (Å²) in [6.45, 7) is -0.846. The van der Waals surface area contributed by atoms with Crippen molar-refractivity contribution in [2.24, 2.45) is 0 Å². The molecule has 192 valence electrons. The van der Waals surface area contributed by atoms with Gasteiger partial charge in [0.25, 0.3) is 17.7 Å². The van der Waals surface area contributed by atoms with E-state index >= 15 is 0 Å². The monoisotopic (exact) mass is 519 g/mol. The molecule has 0 aliphatic carbocycles. The number of rotatable bonds is 4. The highest BCUT2D eigenvalue weighted by atomic mass is 19.4. The summed E-state index contributed by atoms with van der Waals surface area (Å²) in [6.07, 6.45) is -6.40. The van der Waals surface area contributed by atoms with Crippen LogP contribution in [0.2, 0.25) is 0 Å². The van der Waals surface area contributed by atoms with Gasteiger partial charge < -0.3 is 19.4 Å². The molecule has 1 aliphatic rings. The number of benzene rings is 2. The predicted molar refractivity (Wildman–Crippen MR) is 122 cm³/mol. The lowest BCUT2D eigenvalue weighted by atomic mass is 10.0. The summed E-state index contributed by atoms with van der Waals surface area (Å²) in [7, 11) is 0. The lowest BCUT2D eigenvalue weighted by Crippen LogP contribution is -2.55. The normalized spacial score (nSPS) is 17.6. The van der Waals surface area contributed by atoms with Crippen molar-refractivity contribution in [1.29, 1.82) is 0 Å². The molecule has 0 radical (unpaired) electrons. The zero-order chi connectivity index (χ0) is 26.4. The summed E-state index contributed by atoms with van der Waals surface area (Å²) < 4.78 is 78.2. The van der Waals surface area contributed by atoms with Crippen LogP contribution in [-0.4, -0.2) is 58.0 Å². The van der Waals surface area contributed by atoms with Gasteiger partial charge in [-0.15, -0.1) is 0 Å². The van der Waals surface area contributed by atoms with Crippen molar-refractivity contribution in [3.05, 3.63) is 66.4 Å². The van der Waals surface area contributed by atoms with Gasteiger partial charge in [-0.1, -0.05) is 24.3 Å². The van der Waals surface area contributed by atoms with Crippen LogP contribution in [0.1, 0.15) is 16.8 Å². The Balaban J connectivity index is 1.46. The molecule has 0 bridgehead atoms. The molecule has 4 aromatic rings. The Bertz CT molecular complexity index is 1500. The molecule has 0 saturated carbocycles. The molecule has 3 heterocycles. The van der Waals surface area contributed by atoms with E-state index in [4.69, 9.17) is 4.74 Å². The number of esters is 1. The molecular formula is C25H18F5N3O4. The number of amides is 1. The quantitative estimate of drug-likeness (QED) is 0.299. The summed E-state index contributed by atoms with van der Waals surface area (Å²) in [5, 5.41) is 0.909. The van der Waals surface area contributed by atoms with Gasteiger partial charge in [0.15, 0.2) is 11.9 Å². The molecule has 1 amide bonds. The van der Waals surface area contributed by atoms with Crippen molar-refractivity contribution in [3.63, 3.8) is 0 Å². The summed E-state index contributed by atoms with van der Waals surface area (Å²) in [5.74, 6) is -8.00. The van der Waals surface area contributed by atoms with Gasteiger partial charge in [-0.25, -0.2) is 18.6 Å². The molecule has 2 aromatic heterocycles. The summed E-state index contributed by atoms with van der Waals surface area (Å²) >= 11 is 0. The largest absolute Gasteiger partial charge is 0.491 e. The van der Waals surface area contributed by atoms with Gasteiger partial charge in [-0.2, -0.15) is 13.2 Å². The maximum atomic E-state index is 14.9.